The molecule has 3 nitrogen and oxygen atoms in total. The molecule has 0 aliphatic heterocycles. The Balaban J connectivity index is 1.30. The summed E-state index contributed by atoms with van der Waals surface area (Å²) in [6.45, 7) is 7.10. The van der Waals surface area contributed by atoms with Gasteiger partial charge in [0.05, 0.1) is 12.0 Å². The lowest BCUT2D eigenvalue weighted by molar-refractivity contribution is -0.142. The summed E-state index contributed by atoms with van der Waals surface area (Å²) in [5.41, 5.74) is 4.83. The van der Waals surface area contributed by atoms with Crippen molar-refractivity contribution in [1.29, 1.82) is 0 Å². The number of rotatable bonds is 4. The Labute approximate surface area is 188 Å². The SMILES string of the molecule is CC(C)(C)[C@H]1CC[C@H](Oc2ccc3c(c2)CCC(C=C2CCC(C(=O)O)CC2)C3)CC1. The van der Waals surface area contributed by atoms with E-state index in [2.05, 4.69) is 45.0 Å². The van der Waals surface area contributed by atoms with Crippen LogP contribution < -0.4 is 4.74 Å². The molecule has 1 aromatic rings. The lowest BCUT2D eigenvalue weighted by atomic mass is 9.72. The van der Waals surface area contributed by atoms with E-state index in [0.29, 0.717) is 17.4 Å². The van der Waals surface area contributed by atoms with Crippen molar-refractivity contribution in [3.8, 4) is 5.75 Å². The second-order valence-electron chi connectivity index (χ2n) is 11.3. The number of carboxylic acids is 1. The third-order valence-electron chi connectivity index (χ3n) is 8.09. The average Bonchev–Trinajstić information content (AvgIpc) is 2.74. The Morgan fingerprint density at radius 1 is 0.968 bits per heavy atom. The number of hydrogen-bond acceptors (Lipinski definition) is 2. The van der Waals surface area contributed by atoms with Gasteiger partial charge in [0.2, 0.25) is 0 Å². The maximum Gasteiger partial charge on any atom is 0.306 e. The predicted molar refractivity (Wildman–Crippen MR) is 125 cm³/mol. The van der Waals surface area contributed by atoms with Crippen LogP contribution in [0.4, 0.5) is 0 Å². The summed E-state index contributed by atoms with van der Waals surface area (Å²) >= 11 is 0. The molecule has 0 aromatic heterocycles. The molecule has 0 amide bonds. The van der Waals surface area contributed by atoms with E-state index in [4.69, 9.17) is 4.74 Å². The molecule has 0 heterocycles. The maximum atomic E-state index is 11.2. The van der Waals surface area contributed by atoms with Crippen molar-refractivity contribution in [3.05, 3.63) is 41.0 Å². The molecule has 1 unspecified atom stereocenters. The van der Waals surface area contributed by atoms with E-state index in [1.165, 1.54) is 48.8 Å². The molecule has 0 saturated heterocycles. The molecule has 2 fully saturated rings. The molecule has 2 saturated carbocycles. The zero-order chi connectivity index (χ0) is 22.0. The molecular formula is C28H40O3. The number of fused-ring (bicyclic) bond motifs is 1. The van der Waals surface area contributed by atoms with Gasteiger partial charge in [-0.05, 0) is 111 Å². The monoisotopic (exact) mass is 424 g/mol. The molecule has 3 aliphatic rings. The summed E-state index contributed by atoms with van der Waals surface area (Å²) in [4.78, 5) is 11.2. The molecule has 0 bridgehead atoms. The third-order valence-corrected chi connectivity index (χ3v) is 8.09. The fraction of sp³-hybridized carbons (Fsp3) is 0.679. The first-order valence-corrected chi connectivity index (χ1v) is 12.5. The topological polar surface area (TPSA) is 46.5 Å². The number of aryl methyl sites for hydroxylation is 1. The Bertz CT molecular complexity index is 798. The summed E-state index contributed by atoms with van der Waals surface area (Å²) in [5, 5.41) is 9.20. The highest BCUT2D eigenvalue weighted by Gasteiger charge is 2.30. The number of aliphatic carboxylic acids is 1. The molecule has 1 atom stereocenters. The maximum absolute atomic E-state index is 11.2. The highest BCUT2D eigenvalue weighted by atomic mass is 16.5. The number of allylic oxidation sites excluding steroid dienone is 2. The minimum Gasteiger partial charge on any atom is -0.490 e. The highest BCUT2D eigenvalue weighted by molar-refractivity contribution is 5.70. The quantitative estimate of drug-likeness (QED) is 0.531. The molecular weight excluding hydrogens is 384 g/mol. The van der Waals surface area contributed by atoms with Crippen LogP contribution >= 0.6 is 0 Å². The Morgan fingerprint density at radius 2 is 1.68 bits per heavy atom. The summed E-state index contributed by atoms with van der Waals surface area (Å²) in [5.74, 6) is 1.73. The minimum absolute atomic E-state index is 0.133. The smallest absolute Gasteiger partial charge is 0.306 e. The predicted octanol–water partition coefficient (Wildman–Crippen LogP) is 6.98. The van der Waals surface area contributed by atoms with Crippen LogP contribution in [0.3, 0.4) is 0 Å². The lowest BCUT2D eigenvalue weighted by Gasteiger charge is -2.37. The third kappa shape index (κ3) is 5.73. The number of carboxylic acid groups (broad SMARTS) is 1. The van der Waals surface area contributed by atoms with Gasteiger partial charge in [-0.3, -0.25) is 4.79 Å². The first-order chi connectivity index (χ1) is 14.8. The van der Waals surface area contributed by atoms with Crippen molar-refractivity contribution in [2.45, 2.75) is 97.5 Å². The number of benzene rings is 1. The van der Waals surface area contributed by atoms with Crippen LogP contribution in [0, 0.1) is 23.2 Å². The summed E-state index contributed by atoms with van der Waals surface area (Å²) < 4.78 is 6.40. The van der Waals surface area contributed by atoms with Gasteiger partial charge >= 0.3 is 5.97 Å². The normalized spacial score (nSPS) is 29.2. The second-order valence-corrected chi connectivity index (χ2v) is 11.3. The summed E-state index contributed by atoms with van der Waals surface area (Å²) in [6, 6.07) is 6.77. The molecule has 3 aliphatic carbocycles. The first kappa shape index (κ1) is 22.4. The van der Waals surface area contributed by atoms with Gasteiger partial charge in [0.15, 0.2) is 0 Å². The largest absolute Gasteiger partial charge is 0.490 e. The Hall–Kier alpha value is -1.77. The molecule has 3 heteroatoms. The highest BCUT2D eigenvalue weighted by Crippen LogP contribution is 2.39. The fourth-order valence-electron chi connectivity index (χ4n) is 5.95. The molecule has 31 heavy (non-hydrogen) atoms. The van der Waals surface area contributed by atoms with Crippen LogP contribution in [0.5, 0.6) is 5.75 Å². The van der Waals surface area contributed by atoms with Crippen LogP contribution in [-0.2, 0) is 17.6 Å². The standard InChI is InChI=1S/C28H40O3/c1-28(2,3)24-11-14-25(15-12-24)31-26-13-10-22-17-20(6-9-23(22)18-26)16-19-4-7-21(8-5-19)27(29)30/h10,13,16,18,20-21,24-25H,4-9,11-12,14-15,17H2,1-3H3,(H,29,30)/t20?,21?,24-,25-. The molecule has 0 spiro atoms. The lowest BCUT2D eigenvalue weighted by Crippen LogP contribution is -2.30. The van der Waals surface area contributed by atoms with E-state index in [1.54, 1.807) is 0 Å². The number of ether oxygens (including phenoxy) is 1. The van der Waals surface area contributed by atoms with Crippen LogP contribution in [0.15, 0.2) is 29.8 Å². The van der Waals surface area contributed by atoms with Gasteiger partial charge in [-0.1, -0.05) is 38.5 Å². The van der Waals surface area contributed by atoms with Crippen LogP contribution in [0.2, 0.25) is 0 Å². The molecule has 1 N–H and O–H groups in total. The molecule has 1 aromatic carbocycles. The van der Waals surface area contributed by atoms with Crippen molar-refractivity contribution in [3.63, 3.8) is 0 Å². The van der Waals surface area contributed by atoms with Crippen molar-refractivity contribution in [2.24, 2.45) is 23.2 Å². The van der Waals surface area contributed by atoms with E-state index in [-0.39, 0.29) is 5.92 Å². The van der Waals surface area contributed by atoms with Crippen molar-refractivity contribution in [2.75, 3.05) is 0 Å². The molecule has 170 valence electrons. The zero-order valence-corrected chi connectivity index (χ0v) is 19.7. The first-order valence-electron chi connectivity index (χ1n) is 12.5. The van der Waals surface area contributed by atoms with E-state index in [1.807, 2.05) is 0 Å². The Morgan fingerprint density at radius 3 is 2.32 bits per heavy atom. The summed E-state index contributed by atoms with van der Waals surface area (Å²) in [7, 11) is 0. The van der Waals surface area contributed by atoms with Gasteiger partial charge in [-0.2, -0.15) is 0 Å². The fourth-order valence-corrected chi connectivity index (χ4v) is 5.95. The Kier molecular flexibility index (Phi) is 6.79. The van der Waals surface area contributed by atoms with Crippen molar-refractivity contribution in [1.82, 2.24) is 0 Å². The summed E-state index contributed by atoms with van der Waals surface area (Å²) in [6.07, 6.45) is 14.7. The molecule has 4 rings (SSSR count). The van der Waals surface area contributed by atoms with Crippen LogP contribution in [0.1, 0.15) is 89.7 Å². The van der Waals surface area contributed by atoms with E-state index in [9.17, 15) is 9.90 Å². The van der Waals surface area contributed by atoms with Gasteiger partial charge < -0.3 is 9.84 Å². The number of hydrogen-bond donors (Lipinski definition) is 1. The van der Waals surface area contributed by atoms with Gasteiger partial charge in [0, 0.05) is 0 Å². The van der Waals surface area contributed by atoms with Gasteiger partial charge in [0.1, 0.15) is 5.75 Å². The van der Waals surface area contributed by atoms with Crippen molar-refractivity contribution < 1.29 is 14.6 Å². The van der Waals surface area contributed by atoms with Gasteiger partial charge in [0.25, 0.3) is 0 Å². The number of carbonyl (C=O) groups is 1. The van der Waals surface area contributed by atoms with E-state index >= 15 is 0 Å². The average molecular weight is 425 g/mol. The van der Waals surface area contributed by atoms with Crippen LogP contribution in [0.25, 0.3) is 0 Å². The van der Waals surface area contributed by atoms with Crippen LogP contribution in [-0.4, -0.2) is 17.2 Å². The second kappa shape index (κ2) is 9.38. The van der Waals surface area contributed by atoms with Gasteiger partial charge in [-0.15, -0.1) is 0 Å². The van der Waals surface area contributed by atoms with E-state index in [0.717, 1.165) is 50.2 Å². The van der Waals surface area contributed by atoms with E-state index < -0.39 is 5.97 Å². The minimum atomic E-state index is -0.620. The zero-order valence-electron chi connectivity index (χ0n) is 19.7. The van der Waals surface area contributed by atoms with Crippen molar-refractivity contribution >= 4 is 5.97 Å². The van der Waals surface area contributed by atoms with Gasteiger partial charge in [-0.25, -0.2) is 0 Å². The molecule has 0 radical (unpaired) electrons.